The Bertz CT molecular complexity index is 703. The number of thiazole rings is 1. The molecule has 1 saturated heterocycles. The third-order valence-electron chi connectivity index (χ3n) is 3.52. The van der Waals surface area contributed by atoms with E-state index in [9.17, 15) is 14.7 Å². The molecule has 1 aliphatic rings. The number of aliphatic carboxylic acids is 1. The van der Waals surface area contributed by atoms with Gasteiger partial charge in [0.25, 0.3) is 5.91 Å². The smallest absolute Gasteiger partial charge is 0.330 e. The van der Waals surface area contributed by atoms with Gasteiger partial charge in [0.05, 0.1) is 10.6 Å². The summed E-state index contributed by atoms with van der Waals surface area (Å²) in [5.74, 6) is -0.160. The zero-order chi connectivity index (χ0) is 15.7. The molecule has 1 aliphatic heterocycles. The molecule has 0 aliphatic carbocycles. The molecule has 3 heterocycles. The van der Waals surface area contributed by atoms with E-state index in [-0.39, 0.29) is 5.91 Å². The fraction of sp³-hybridized carbons (Fsp3) is 0.357. The molecule has 1 atom stereocenters. The molecular formula is C14H14N2O3S3. The first kappa shape index (κ1) is 15.5. The molecule has 2 N–H and O–H groups in total. The van der Waals surface area contributed by atoms with Gasteiger partial charge >= 0.3 is 5.97 Å². The first-order chi connectivity index (χ1) is 10.5. The molecule has 3 rings (SSSR count). The van der Waals surface area contributed by atoms with Crippen molar-refractivity contribution in [3.63, 3.8) is 0 Å². The first-order valence-corrected chi connectivity index (χ1v) is 9.52. The predicted molar refractivity (Wildman–Crippen MR) is 89.9 cm³/mol. The lowest BCUT2D eigenvalue weighted by molar-refractivity contribution is -0.143. The molecule has 5 nitrogen and oxygen atoms in total. The van der Waals surface area contributed by atoms with Crippen molar-refractivity contribution in [3.8, 4) is 9.88 Å². The van der Waals surface area contributed by atoms with E-state index >= 15 is 0 Å². The molecule has 0 radical (unpaired) electrons. The topological polar surface area (TPSA) is 79.3 Å². The summed E-state index contributed by atoms with van der Waals surface area (Å²) in [6.07, 6.45) is 0.453. The van der Waals surface area contributed by atoms with E-state index in [1.807, 2.05) is 17.5 Å². The minimum Gasteiger partial charge on any atom is -0.479 e. The Hall–Kier alpha value is -1.38. The van der Waals surface area contributed by atoms with Crippen molar-refractivity contribution >= 4 is 46.3 Å². The Kier molecular flexibility index (Phi) is 4.24. The highest BCUT2D eigenvalue weighted by Crippen LogP contribution is 2.33. The van der Waals surface area contributed by atoms with Gasteiger partial charge in [-0.1, -0.05) is 6.07 Å². The van der Waals surface area contributed by atoms with Crippen molar-refractivity contribution in [3.05, 3.63) is 28.1 Å². The number of nitrogens with one attached hydrogen (secondary N) is 1. The van der Waals surface area contributed by atoms with Crippen LogP contribution in [0.15, 0.2) is 17.5 Å². The average molecular weight is 354 g/mol. The van der Waals surface area contributed by atoms with Crippen LogP contribution in [-0.2, 0) is 4.79 Å². The number of nitrogens with zero attached hydrogens (tertiary/aromatic N) is 1. The fourth-order valence-corrected chi connectivity index (χ4v) is 5.36. The second-order valence-electron chi connectivity index (χ2n) is 5.05. The van der Waals surface area contributed by atoms with Gasteiger partial charge in [-0.2, -0.15) is 11.8 Å². The number of thiophene rings is 1. The van der Waals surface area contributed by atoms with E-state index in [2.05, 4.69) is 10.3 Å². The number of thioether (sulfide) groups is 1. The number of rotatable bonds is 4. The van der Waals surface area contributed by atoms with Crippen molar-refractivity contribution < 1.29 is 14.7 Å². The summed E-state index contributed by atoms with van der Waals surface area (Å²) in [5.41, 5.74) is -0.515. The summed E-state index contributed by atoms with van der Waals surface area (Å²) in [6, 6.07) is 3.89. The van der Waals surface area contributed by atoms with E-state index in [1.165, 1.54) is 11.3 Å². The van der Waals surface area contributed by atoms with Crippen LogP contribution in [0, 0.1) is 6.92 Å². The van der Waals surface area contributed by atoms with Gasteiger partial charge in [0, 0.05) is 5.75 Å². The van der Waals surface area contributed by atoms with Crippen LogP contribution in [-0.4, -0.2) is 39.0 Å². The summed E-state index contributed by atoms with van der Waals surface area (Å²) in [6.45, 7) is 1.78. The van der Waals surface area contributed by atoms with Gasteiger partial charge in [-0.25, -0.2) is 9.78 Å². The number of aryl methyl sites for hydroxylation is 1. The quantitative estimate of drug-likeness (QED) is 0.882. The Labute approximate surface area is 139 Å². The highest BCUT2D eigenvalue weighted by atomic mass is 32.2. The number of carboxylic acids is 1. The highest BCUT2D eigenvalue weighted by Gasteiger charge is 2.43. The summed E-state index contributed by atoms with van der Waals surface area (Å²) >= 11 is 4.42. The van der Waals surface area contributed by atoms with E-state index in [0.717, 1.165) is 15.6 Å². The van der Waals surface area contributed by atoms with Crippen molar-refractivity contribution in [2.24, 2.45) is 0 Å². The molecular weight excluding hydrogens is 340 g/mol. The maximum Gasteiger partial charge on any atom is 0.330 e. The Morgan fingerprint density at radius 2 is 2.27 bits per heavy atom. The minimum absolute atomic E-state index is 0.345. The van der Waals surface area contributed by atoms with Crippen LogP contribution in [0.5, 0.6) is 0 Å². The number of hydrogen-bond donors (Lipinski definition) is 2. The molecule has 0 spiro atoms. The molecule has 0 aromatic carbocycles. The highest BCUT2D eigenvalue weighted by molar-refractivity contribution is 7.99. The Balaban J connectivity index is 1.85. The van der Waals surface area contributed by atoms with Crippen LogP contribution in [0.1, 0.15) is 21.8 Å². The van der Waals surface area contributed by atoms with Crippen LogP contribution >= 0.6 is 34.4 Å². The third kappa shape index (κ3) is 2.78. The van der Waals surface area contributed by atoms with Crippen molar-refractivity contribution in [1.82, 2.24) is 10.3 Å². The monoisotopic (exact) mass is 354 g/mol. The second-order valence-corrected chi connectivity index (χ2v) is 8.11. The molecule has 22 heavy (non-hydrogen) atoms. The Morgan fingerprint density at radius 1 is 1.45 bits per heavy atom. The normalized spacial score (nSPS) is 21.0. The van der Waals surface area contributed by atoms with E-state index in [0.29, 0.717) is 22.7 Å². The van der Waals surface area contributed by atoms with E-state index in [1.54, 1.807) is 30.0 Å². The molecule has 1 fully saturated rings. The van der Waals surface area contributed by atoms with Crippen LogP contribution in [0.2, 0.25) is 0 Å². The molecule has 8 heteroatoms. The number of carbonyl (C=O) groups is 2. The first-order valence-electron chi connectivity index (χ1n) is 6.67. The summed E-state index contributed by atoms with van der Waals surface area (Å²) < 4.78 is 0. The zero-order valence-corrected chi connectivity index (χ0v) is 14.2. The predicted octanol–water partition coefficient (Wildman–Crippen LogP) is 2.87. The molecule has 2 aromatic heterocycles. The van der Waals surface area contributed by atoms with Gasteiger partial charge in [0.15, 0.2) is 0 Å². The summed E-state index contributed by atoms with van der Waals surface area (Å²) in [7, 11) is 0. The van der Waals surface area contributed by atoms with Crippen molar-refractivity contribution in [2.45, 2.75) is 18.9 Å². The minimum atomic E-state index is -1.15. The standard InChI is InChI=1S/C14H14N2O3S3/c1-8-10(22-12(15-8)9-3-2-5-21-9)11(17)16-14(13(18)19)4-6-20-7-14/h2-3,5H,4,6-7H2,1H3,(H,16,17)(H,18,19). The molecule has 1 amide bonds. The number of carboxylic acid groups (broad SMARTS) is 1. The van der Waals surface area contributed by atoms with Crippen LogP contribution in [0.4, 0.5) is 0 Å². The number of aromatic nitrogens is 1. The number of amides is 1. The lowest BCUT2D eigenvalue weighted by Gasteiger charge is -2.24. The van der Waals surface area contributed by atoms with Crippen LogP contribution in [0.3, 0.4) is 0 Å². The number of carbonyl (C=O) groups excluding carboxylic acids is 1. The van der Waals surface area contributed by atoms with Gasteiger partial charge in [-0.15, -0.1) is 22.7 Å². The molecule has 2 aromatic rings. The third-order valence-corrected chi connectivity index (χ3v) is 6.90. The summed E-state index contributed by atoms with van der Waals surface area (Å²) in [4.78, 5) is 30.0. The van der Waals surface area contributed by atoms with Crippen molar-refractivity contribution in [1.29, 1.82) is 0 Å². The number of hydrogen-bond acceptors (Lipinski definition) is 6. The lowest BCUT2D eigenvalue weighted by Crippen LogP contribution is -2.54. The van der Waals surface area contributed by atoms with Crippen LogP contribution in [0.25, 0.3) is 9.88 Å². The molecule has 116 valence electrons. The van der Waals surface area contributed by atoms with Gasteiger partial charge in [0.1, 0.15) is 15.4 Å². The molecule has 1 unspecified atom stereocenters. The van der Waals surface area contributed by atoms with Gasteiger partial charge in [-0.05, 0) is 30.5 Å². The summed E-state index contributed by atoms with van der Waals surface area (Å²) in [5, 5.41) is 14.9. The fourth-order valence-electron chi connectivity index (χ4n) is 2.27. The second kappa shape index (κ2) is 6.02. The molecule has 0 bridgehead atoms. The maximum absolute atomic E-state index is 12.5. The van der Waals surface area contributed by atoms with E-state index in [4.69, 9.17) is 0 Å². The zero-order valence-electron chi connectivity index (χ0n) is 11.8. The van der Waals surface area contributed by atoms with E-state index < -0.39 is 11.5 Å². The largest absolute Gasteiger partial charge is 0.479 e. The maximum atomic E-state index is 12.5. The Morgan fingerprint density at radius 3 is 2.86 bits per heavy atom. The van der Waals surface area contributed by atoms with Crippen molar-refractivity contribution in [2.75, 3.05) is 11.5 Å². The SMILES string of the molecule is Cc1nc(-c2cccs2)sc1C(=O)NC1(C(=O)O)CCSC1. The lowest BCUT2D eigenvalue weighted by atomic mass is 9.99. The van der Waals surface area contributed by atoms with Gasteiger partial charge in [0.2, 0.25) is 0 Å². The average Bonchev–Trinajstić information content (AvgIpc) is 3.17. The van der Waals surface area contributed by atoms with Crippen LogP contribution < -0.4 is 5.32 Å². The molecule has 0 saturated carbocycles. The van der Waals surface area contributed by atoms with Gasteiger partial charge in [-0.3, -0.25) is 4.79 Å². The van der Waals surface area contributed by atoms with Gasteiger partial charge < -0.3 is 10.4 Å².